The second-order valence-corrected chi connectivity index (χ2v) is 22.7. The first-order chi connectivity index (χ1) is 37.5. The molecular formula is C70H128O6. The highest BCUT2D eigenvalue weighted by Gasteiger charge is 2.19. The first-order valence-electron chi connectivity index (χ1n) is 33.6. The van der Waals surface area contributed by atoms with Gasteiger partial charge in [0.25, 0.3) is 0 Å². The van der Waals surface area contributed by atoms with E-state index in [2.05, 4.69) is 69.4 Å². The molecule has 6 nitrogen and oxygen atoms in total. The summed E-state index contributed by atoms with van der Waals surface area (Å²) in [6.07, 6.45) is 81.2. The van der Waals surface area contributed by atoms with Crippen molar-refractivity contribution in [2.45, 2.75) is 367 Å². The van der Waals surface area contributed by atoms with E-state index in [9.17, 15) is 14.4 Å². The highest BCUT2D eigenvalue weighted by atomic mass is 16.6. The third-order valence-electron chi connectivity index (χ3n) is 15.1. The summed E-state index contributed by atoms with van der Waals surface area (Å²) < 4.78 is 17.0. The van der Waals surface area contributed by atoms with Crippen LogP contribution in [-0.2, 0) is 28.6 Å². The van der Waals surface area contributed by atoms with Crippen molar-refractivity contribution in [3.8, 4) is 0 Å². The van der Waals surface area contributed by atoms with Gasteiger partial charge < -0.3 is 14.2 Å². The van der Waals surface area contributed by atoms with Crippen molar-refractivity contribution >= 4 is 17.9 Å². The number of hydrogen-bond donors (Lipinski definition) is 0. The van der Waals surface area contributed by atoms with E-state index >= 15 is 0 Å². The summed E-state index contributed by atoms with van der Waals surface area (Å²) in [5, 5.41) is 0. The van der Waals surface area contributed by atoms with Crippen LogP contribution in [0.4, 0.5) is 0 Å². The lowest BCUT2D eigenvalue weighted by molar-refractivity contribution is -0.167. The van der Waals surface area contributed by atoms with Crippen LogP contribution in [0.1, 0.15) is 361 Å². The SMILES string of the molecule is CCCCCC/C=C\CCCCCCCC(=O)OCC(COC(=O)CCCCCCCCCCCC/C=C\C/C=C\C/C=C\CCCCCCC)OC(=O)CCCCCCCCCCCCCCCCCCCCCC. The topological polar surface area (TPSA) is 78.9 Å². The lowest BCUT2D eigenvalue weighted by atomic mass is 10.0. The van der Waals surface area contributed by atoms with E-state index in [1.165, 1.54) is 244 Å². The van der Waals surface area contributed by atoms with Crippen molar-refractivity contribution in [3.05, 3.63) is 48.6 Å². The minimum Gasteiger partial charge on any atom is -0.462 e. The number of unbranched alkanes of at least 4 members (excludes halogenated alkanes) is 43. The molecule has 6 heteroatoms. The molecule has 0 spiro atoms. The van der Waals surface area contributed by atoms with Crippen molar-refractivity contribution in [2.24, 2.45) is 0 Å². The van der Waals surface area contributed by atoms with Gasteiger partial charge in [-0.15, -0.1) is 0 Å². The molecule has 0 saturated carbocycles. The number of carbonyl (C=O) groups is 3. The van der Waals surface area contributed by atoms with E-state index in [-0.39, 0.29) is 31.1 Å². The fourth-order valence-electron chi connectivity index (χ4n) is 9.98. The average molecular weight is 1070 g/mol. The maximum atomic E-state index is 12.9. The molecule has 0 bridgehead atoms. The monoisotopic (exact) mass is 1060 g/mol. The molecule has 1 unspecified atom stereocenters. The van der Waals surface area contributed by atoms with E-state index in [1.54, 1.807) is 0 Å². The van der Waals surface area contributed by atoms with Gasteiger partial charge in [0, 0.05) is 19.3 Å². The van der Waals surface area contributed by atoms with Crippen LogP contribution in [0.3, 0.4) is 0 Å². The maximum absolute atomic E-state index is 12.9. The molecule has 0 aromatic carbocycles. The van der Waals surface area contributed by atoms with Crippen LogP contribution in [0, 0.1) is 0 Å². The summed E-state index contributed by atoms with van der Waals surface area (Å²) >= 11 is 0. The van der Waals surface area contributed by atoms with E-state index < -0.39 is 6.10 Å². The summed E-state index contributed by atoms with van der Waals surface area (Å²) in [6.45, 7) is 6.66. The molecule has 1 atom stereocenters. The van der Waals surface area contributed by atoms with Crippen molar-refractivity contribution in [2.75, 3.05) is 13.2 Å². The van der Waals surface area contributed by atoms with Gasteiger partial charge >= 0.3 is 17.9 Å². The van der Waals surface area contributed by atoms with Gasteiger partial charge in [-0.2, -0.15) is 0 Å². The molecule has 0 aliphatic heterocycles. The molecule has 76 heavy (non-hydrogen) atoms. The average Bonchev–Trinajstić information content (AvgIpc) is 3.42. The fourth-order valence-corrected chi connectivity index (χ4v) is 9.98. The zero-order valence-electron chi connectivity index (χ0n) is 51.0. The van der Waals surface area contributed by atoms with Gasteiger partial charge in [0.05, 0.1) is 0 Å². The van der Waals surface area contributed by atoms with Crippen molar-refractivity contribution in [1.82, 2.24) is 0 Å². The molecule has 0 saturated heterocycles. The van der Waals surface area contributed by atoms with Crippen LogP contribution in [0.25, 0.3) is 0 Å². The Kier molecular flexibility index (Phi) is 62.6. The molecule has 0 N–H and O–H groups in total. The van der Waals surface area contributed by atoms with Gasteiger partial charge in [0.15, 0.2) is 6.10 Å². The summed E-state index contributed by atoms with van der Waals surface area (Å²) in [7, 11) is 0. The Morgan fingerprint density at radius 3 is 0.763 bits per heavy atom. The van der Waals surface area contributed by atoms with Crippen molar-refractivity contribution < 1.29 is 28.6 Å². The van der Waals surface area contributed by atoms with Crippen molar-refractivity contribution in [3.63, 3.8) is 0 Å². The first kappa shape index (κ1) is 73.4. The van der Waals surface area contributed by atoms with E-state index in [4.69, 9.17) is 14.2 Å². The molecule has 444 valence electrons. The number of rotatable bonds is 62. The van der Waals surface area contributed by atoms with E-state index in [0.717, 1.165) is 77.0 Å². The van der Waals surface area contributed by atoms with E-state index in [0.29, 0.717) is 19.3 Å². The normalized spacial score (nSPS) is 12.3. The second-order valence-electron chi connectivity index (χ2n) is 22.7. The van der Waals surface area contributed by atoms with Gasteiger partial charge in [-0.1, -0.05) is 307 Å². The predicted molar refractivity (Wildman–Crippen MR) is 330 cm³/mol. The minimum atomic E-state index is -0.777. The van der Waals surface area contributed by atoms with Crippen LogP contribution in [0.2, 0.25) is 0 Å². The summed E-state index contributed by atoms with van der Waals surface area (Å²) in [4.78, 5) is 38.3. The number of hydrogen-bond acceptors (Lipinski definition) is 6. The van der Waals surface area contributed by atoms with Crippen LogP contribution in [0.15, 0.2) is 48.6 Å². The van der Waals surface area contributed by atoms with Crippen molar-refractivity contribution in [1.29, 1.82) is 0 Å². The molecule has 0 fully saturated rings. The lowest BCUT2D eigenvalue weighted by Crippen LogP contribution is -2.30. The molecule has 0 aromatic rings. The quantitative estimate of drug-likeness (QED) is 0.0261. The third kappa shape index (κ3) is 62.2. The number of allylic oxidation sites excluding steroid dienone is 8. The highest BCUT2D eigenvalue weighted by molar-refractivity contribution is 5.71. The molecule has 0 heterocycles. The van der Waals surface area contributed by atoms with Gasteiger partial charge in [0.2, 0.25) is 0 Å². The molecule has 0 aliphatic carbocycles. The maximum Gasteiger partial charge on any atom is 0.306 e. The van der Waals surface area contributed by atoms with Gasteiger partial charge in [-0.3, -0.25) is 14.4 Å². The molecule has 0 aliphatic rings. The summed E-state index contributed by atoms with van der Waals surface area (Å²) in [5.41, 5.74) is 0. The Balaban J connectivity index is 4.28. The summed E-state index contributed by atoms with van der Waals surface area (Å²) in [5.74, 6) is -0.863. The van der Waals surface area contributed by atoms with Crippen LogP contribution in [0.5, 0.6) is 0 Å². The fraction of sp³-hybridized carbons (Fsp3) is 0.843. The Bertz CT molecular complexity index is 1310. The number of carbonyl (C=O) groups excluding carboxylic acids is 3. The summed E-state index contributed by atoms with van der Waals surface area (Å²) in [6, 6.07) is 0. The predicted octanol–water partition coefficient (Wildman–Crippen LogP) is 22.9. The third-order valence-corrected chi connectivity index (χ3v) is 15.1. The minimum absolute atomic E-state index is 0.0740. The first-order valence-corrected chi connectivity index (χ1v) is 33.6. The van der Waals surface area contributed by atoms with Gasteiger partial charge in [-0.05, 0) is 83.5 Å². The molecule has 0 radical (unpaired) electrons. The van der Waals surface area contributed by atoms with Gasteiger partial charge in [-0.25, -0.2) is 0 Å². The molecule has 0 rings (SSSR count). The Morgan fingerprint density at radius 2 is 0.474 bits per heavy atom. The molecular weight excluding hydrogens is 937 g/mol. The zero-order chi connectivity index (χ0) is 55.0. The smallest absolute Gasteiger partial charge is 0.306 e. The zero-order valence-corrected chi connectivity index (χ0v) is 51.0. The molecule has 0 aromatic heterocycles. The van der Waals surface area contributed by atoms with Crippen LogP contribution >= 0.6 is 0 Å². The van der Waals surface area contributed by atoms with E-state index in [1.807, 2.05) is 0 Å². The standard InChI is InChI=1S/C70H128O6/c1-4-7-10-13-16-19-22-25-27-29-31-33-34-35-36-37-39-40-42-45-48-51-54-57-60-63-69(72)75-66-67(65-74-68(71)62-59-56-53-50-47-44-24-21-18-15-12-9-6-3)76-70(73)64-61-58-55-52-49-46-43-41-38-32-30-28-26-23-20-17-14-11-8-5-2/h21-22,24-25,29,31,34-35,67H,4-20,23,26-28,30,32-33,36-66H2,1-3H3/b24-21-,25-22-,31-29-,35-34-. The second kappa shape index (κ2) is 64.9. The number of ether oxygens (including phenoxy) is 3. The van der Waals surface area contributed by atoms with Gasteiger partial charge in [0.1, 0.15) is 13.2 Å². The largest absolute Gasteiger partial charge is 0.462 e. The molecule has 0 amide bonds. The Labute approximate surface area is 473 Å². The Morgan fingerprint density at radius 1 is 0.263 bits per heavy atom. The number of esters is 3. The highest BCUT2D eigenvalue weighted by Crippen LogP contribution is 2.18. The van der Waals surface area contributed by atoms with Crippen LogP contribution < -0.4 is 0 Å². The van der Waals surface area contributed by atoms with Crippen LogP contribution in [-0.4, -0.2) is 37.2 Å². The lowest BCUT2D eigenvalue weighted by Gasteiger charge is -2.18. The Hall–Kier alpha value is -2.63.